The Morgan fingerprint density at radius 3 is 1.07 bits per heavy atom. The molecule has 0 saturated heterocycles. The molecule has 0 N–H and O–H groups in total. The third-order valence-electron chi connectivity index (χ3n) is 12.7. The van der Waals surface area contributed by atoms with E-state index in [9.17, 15) is 0 Å². The van der Waals surface area contributed by atoms with Crippen LogP contribution in [0.1, 0.15) is 25.0 Å². The highest BCUT2D eigenvalue weighted by atomic mass is 14.4. The van der Waals surface area contributed by atoms with Crippen LogP contribution in [0.5, 0.6) is 0 Å². The molecule has 0 amide bonds. The van der Waals surface area contributed by atoms with E-state index >= 15 is 0 Å². The summed E-state index contributed by atoms with van der Waals surface area (Å²) < 4.78 is 0. The van der Waals surface area contributed by atoms with Gasteiger partial charge in [0.15, 0.2) is 0 Å². The lowest BCUT2D eigenvalue weighted by molar-refractivity contribution is 0.661. The first kappa shape index (κ1) is 34.9. The van der Waals surface area contributed by atoms with Crippen LogP contribution in [0, 0.1) is 0 Å². The zero-order chi connectivity index (χ0) is 39.5. The van der Waals surface area contributed by atoms with Crippen molar-refractivity contribution in [1.82, 2.24) is 0 Å². The molecule has 0 radical (unpaired) electrons. The number of hydrogen-bond acceptors (Lipinski definition) is 0. The fraction of sp³-hybridized carbons (Fsp3) is 0.0508. The van der Waals surface area contributed by atoms with Gasteiger partial charge in [0.25, 0.3) is 0 Å². The van der Waals surface area contributed by atoms with Crippen molar-refractivity contribution in [2.45, 2.75) is 19.3 Å². The smallest absolute Gasteiger partial charge is 0.0159 e. The van der Waals surface area contributed by atoms with Crippen molar-refractivity contribution >= 4 is 21.5 Å². The average Bonchev–Trinajstić information content (AvgIpc) is 3.53. The highest BCUT2D eigenvalue weighted by molar-refractivity contribution is 6.03. The molecule has 0 aliphatic heterocycles. The van der Waals surface area contributed by atoms with E-state index in [1.165, 1.54) is 111 Å². The summed E-state index contributed by atoms with van der Waals surface area (Å²) in [5.41, 5.74) is 20.0. The van der Waals surface area contributed by atoms with Crippen molar-refractivity contribution in [2.24, 2.45) is 0 Å². The first-order chi connectivity index (χ1) is 29.0. The molecule has 0 aromatic heterocycles. The van der Waals surface area contributed by atoms with Gasteiger partial charge in [0.1, 0.15) is 0 Å². The summed E-state index contributed by atoms with van der Waals surface area (Å²) in [4.78, 5) is 0. The predicted molar refractivity (Wildman–Crippen MR) is 252 cm³/mol. The molecule has 0 heterocycles. The molecule has 0 saturated carbocycles. The quantitative estimate of drug-likeness (QED) is 0.159. The Hall–Kier alpha value is -7.28. The van der Waals surface area contributed by atoms with E-state index in [1.54, 1.807) is 0 Å². The summed E-state index contributed by atoms with van der Waals surface area (Å²) in [6.07, 6.45) is 0. The molecule has 10 aromatic carbocycles. The van der Waals surface area contributed by atoms with Gasteiger partial charge in [-0.25, -0.2) is 0 Å². The lowest BCUT2D eigenvalue weighted by atomic mass is 9.79. The minimum Gasteiger partial charge on any atom is -0.0622 e. The van der Waals surface area contributed by atoms with Crippen LogP contribution in [0.15, 0.2) is 218 Å². The minimum atomic E-state index is -0.218. The predicted octanol–water partition coefficient (Wildman–Crippen LogP) is 16.3. The molecular weight excluding hydrogens is 709 g/mol. The van der Waals surface area contributed by atoms with Crippen LogP contribution in [0.3, 0.4) is 0 Å². The summed E-state index contributed by atoms with van der Waals surface area (Å²) in [5, 5.41) is 5.04. The van der Waals surface area contributed by atoms with Crippen molar-refractivity contribution in [2.75, 3.05) is 0 Å². The molecule has 1 aliphatic rings. The van der Waals surface area contributed by atoms with Crippen LogP contribution in [0.4, 0.5) is 0 Å². The molecule has 59 heavy (non-hydrogen) atoms. The van der Waals surface area contributed by atoms with E-state index < -0.39 is 0 Å². The molecule has 0 bridgehead atoms. The third-order valence-corrected chi connectivity index (χ3v) is 12.7. The molecule has 0 unspecified atom stereocenters. The van der Waals surface area contributed by atoms with Crippen LogP contribution in [0.25, 0.3) is 99.4 Å². The standard InChI is InChI=1S/C59H42/c1-59(2)57-37-45(55-35-43(39-15-5-3-6-16-39)27-31-51(55)49-25-13-21-41-19-9-11-23-47(41)49)29-33-53(57)54-34-30-46(38-58(54)59)56-36-44(40-17-7-4-8-18-40)28-32-52(56)50-26-14-22-42-20-10-12-24-48(42)50/h3-38H,1-2H3. The molecule has 1 aliphatic carbocycles. The Kier molecular flexibility index (Phi) is 8.27. The third kappa shape index (κ3) is 5.91. The van der Waals surface area contributed by atoms with E-state index in [0.717, 1.165) is 0 Å². The molecule has 0 spiro atoms. The molecule has 0 nitrogen and oxygen atoms in total. The van der Waals surface area contributed by atoms with Gasteiger partial charge < -0.3 is 0 Å². The minimum absolute atomic E-state index is 0.218. The maximum absolute atomic E-state index is 2.48. The van der Waals surface area contributed by atoms with Crippen molar-refractivity contribution in [3.8, 4) is 77.9 Å². The second-order valence-corrected chi connectivity index (χ2v) is 16.5. The Morgan fingerprint density at radius 2 is 0.610 bits per heavy atom. The summed E-state index contributed by atoms with van der Waals surface area (Å²) >= 11 is 0. The first-order valence-electron chi connectivity index (χ1n) is 20.7. The highest BCUT2D eigenvalue weighted by Crippen LogP contribution is 2.52. The summed E-state index contributed by atoms with van der Waals surface area (Å²) in [5.74, 6) is 0. The van der Waals surface area contributed by atoms with Gasteiger partial charge >= 0.3 is 0 Å². The molecule has 0 heteroatoms. The maximum Gasteiger partial charge on any atom is 0.0159 e. The molecule has 0 fully saturated rings. The van der Waals surface area contributed by atoms with Crippen molar-refractivity contribution in [3.05, 3.63) is 230 Å². The maximum atomic E-state index is 2.48. The largest absolute Gasteiger partial charge is 0.0622 e. The van der Waals surface area contributed by atoms with E-state index in [4.69, 9.17) is 0 Å². The van der Waals surface area contributed by atoms with Gasteiger partial charge in [-0.15, -0.1) is 0 Å². The zero-order valence-electron chi connectivity index (χ0n) is 33.3. The fourth-order valence-corrected chi connectivity index (χ4v) is 9.65. The Morgan fingerprint density at radius 1 is 0.237 bits per heavy atom. The van der Waals surface area contributed by atoms with Gasteiger partial charge in [0.2, 0.25) is 0 Å². The molecular formula is C59H42. The van der Waals surface area contributed by atoms with E-state index in [2.05, 4.69) is 232 Å². The zero-order valence-corrected chi connectivity index (χ0v) is 33.3. The monoisotopic (exact) mass is 750 g/mol. The van der Waals surface area contributed by atoms with Crippen LogP contribution >= 0.6 is 0 Å². The lowest BCUT2D eigenvalue weighted by Gasteiger charge is -2.23. The first-order valence-corrected chi connectivity index (χ1v) is 20.7. The van der Waals surface area contributed by atoms with Crippen LogP contribution < -0.4 is 0 Å². The SMILES string of the molecule is CC1(C)c2cc(-c3cc(-c4ccccc4)ccc3-c3cccc4ccccc34)ccc2-c2ccc(-c3cc(-c4ccccc4)ccc3-c3cccc4ccccc34)cc21. The summed E-state index contributed by atoms with van der Waals surface area (Å²) in [6, 6.07) is 80.7. The average molecular weight is 751 g/mol. The normalized spacial score (nSPS) is 12.7. The number of hydrogen-bond donors (Lipinski definition) is 0. The van der Waals surface area contributed by atoms with Crippen molar-refractivity contribution in [1.29, 1.82) is 0 Å². The van der Waals surface area contributed by atoms with Gasteiger partial charge in [-0.05, 0) is 135 Å². The summed E-state index contributed by atoms with van der Waals surface area (Å²) in [7, 11) is 0. The van der Waals surface area contributed by atoms with Gasteiger partial charge in [-0.1, -0.05) is 208 Å². The van der Waals surface area contributed by atoms with Crippen LogP contribution in [-0.4, -0.2) is 0 Å². The van der Waals surface area contributed by atoms with Crippen LogP contribution in [-0.2, 0) is 5.41 Å². The highest BCUT2D eigenvalue weighted by Gasteiger charge is 2.36. The number of benzene rings is 10. The van der Waals surface area contributed by atoms with E-state index in [0.29, 0.717) is 0 Å². The number of rotatable bonds is 6. The topological polar surface area (TPSA) is 0 Å². The Labute approximate surface area is 346 Å². The molecule has 0 atom stereocenters. The number of fused-ring (bicyclic) bond motifs is 5. The van der Waals surface area contributed by atoms with E-state index in [-0.39, 0.29) is 5.41 Å². The Balaban J connectivity index is 1.06. The Bertz CT molecular complexity index is 2990. The summed E-state index contributed by atoms with van der Waals surface area (Å²) in [6.45, 7) is 4.81. The van der Waals surface area contributed by atoms with Crippen molar-refractivity contribution in [3.63, 3.8) is 0 Å². The van der Waals surface area contributed by atoms with Gasteiger partial charge in [0, 0.05) is 5.41 Å². The van der Waals surface area contributed by atoms with Gasteiger partial charge in [-0.2, -0.15) is 0 Å². The second kappa shape index (κ2) is 14.0. The van der Waals surface area contributed by atoms with Gasteiger partial charge in [0.05, 0.1) is 0 Å². The molecule has 11 rings (SSSR count). The van der Waals surface area contributed by atoms with Crippen molar-refractivity contribution < 1.29 is 0 Å². The lowest BCUT2D eigenvalue weighted by Crippen LogP contribution is -2.15. The second-order valence-electron chi connectivity index (χ2n) is 16.5. The fourth-order valence-electron chi connectivity index (χ4n) is 9.65. The molecule has 278 valence electrons. The molecule has 10 aromatic rings. The van der Waals surface area contributed by atoms with E-state index in [1.807, 2.05) is 0 Å². The van der Waals surface area contributed by atoms with Gasteiger partial charge in [-0.3, -0.25) is 0 Å². The van der Waals surface area contributed by atoms with Crippen LogP contribution in [0.2, 0.25) is 0 Å².